The van der Waals surface area contributed by atoms with E-state index in [1.807, 2.05) is 0 Å². The van der Waals surface area contributed by atoms with Crippen molar-refractivity contribution in [3.05, 3.63) is 11.6 Å². The fourth-order valence-corrected chi connectivity index (χ4v) is 1.31. The molecule has 0 bridgehead atoms. The van der Waals surface area contributed by atoms with Gasteiger partial charge in [0, 0.05) is 13.5 Å². The quantitative estimate of drug-likeness (QED) is 0.714. The zero-order valence-electron chi connectivity index (χ0n) is 8.94. The highest BCUT2D eigenvalue weighted by Crippen LogP contribution is 2.09. The number of nitrogens with two attached hydrogens (primary N) is 1. The predicted octanol–water partition coefficient (Wildman–Crippen LogP) is 0.00570. The van der Waals surface area contributed by atoms with Crippen molar-refractivity contribution in [1.82, 2.24) is 14.8 Å². The van der Waals surface area contributed by atoms with E-state index in [0.29, 0.717) is 11.7 Å². The largest absolute Gasteiger partial charge is 0.394 e. The zero-order chi connectivity index (χ0) is 10.7. The molecule has 1 rings (SSSR count). The lowest BCUT2D eigenvalue weighted by Gasteiger charge is -2.04. The van der Waals surface area contributed by atoms with Gasteiger partial charge in [-0.1, -0.05) is 13.8 Å². The molecule has 0 aliphatic rings. The molecule has 5 nitrogen and oxygen atoms in total. The molecule has 0 aliphatic heterocycles. The van der Waals surface area contributed by atoms with Gasteiger partial charge in [0.15, 0.2) is 5.82 Å². The molecule has 0 radical (unpaired) electrons. The number of rotatable bonds is 4. The smallest absolute Gasteiger partial charge is 0.151 e. The minimum Gasteiger partial charge on any atom is -0.394 e. The van der Waals surface area contributed by atoms with E-state index in [-0.39, 0.29) is 6.61 Å². The van der Waals surface area contributed by atoms with E-state index in [4.69, 9.17) is 10.8 Å². The second-order valence-electron chi connectivity index (χ2n) is 3.90. The van der Waals surface area contributed by atoms with Crippen LogP contribution in [0.5, 0.6) is 0 Å². The van der Waals surface area contributed by atoms with Crippen molar-refractivity contribution in [3.63, 3.8) is 0 Å². The van der Waals surface area contributed by atoms with Crippen LogP contribution >= 0.6 is 0 Å². The average molecular weight is 198 g/mol. The Hall–Kier alpha value is -0.940. The SMILES string of the molecule is CC(C)Cc1nc(C(N)CO)n(C)n1. The first kappa shape index (κ1) is 11.1. The summed E-state index contributed by atoms with van der Waals surface area (Å²) in [7, 11) is 1.79. The van der Waals surface area contributed by atoms with Crippen LogP contribution in [0.1, 0.15) is 31.5 Å². The highest BCUT2D eigenvalue weighted by atomic mass is 16.3. The third-order valence-corrected chi connectivity index (χ3v) is 1.96. The summed E-state index contributed by atoms with van der Waals surface area (Å²) in [5.41, 5.74) is 5.67. The lowest BCUT2D eigenvalue weighted by atomic mass is 10.1. The van der Waals surface area contributed by atoms with Crippen molar-refractivity contribution in [1.29, 1.82) is 0 Å². The number of nitrogens with zero attached hydrogens (tertiary/aromatic N) is 3. The van der Waals surface area contributed by atoms with Gasteiger partial charge in [0.2, 0.25) is 0 Å². The highest BCUT2D eigenvalue weighted by Gasteiger charge is 2.14. The lowest BCUT2D eigenvalue weighted by molar-refractivity contribution is 0.260. The molecule has 14 heavy (non-hydrogen) atoms. The van der Waals surface area contributed by atoms with Gasteiger partial charge in [0.1, 0.15) is 5.82 Å². The molecule has 0 fully saturated rings. The van der Waals surface area contributed by atoms with Crippen molar-refractivity contribution < 1.29 is 5.11 Å². The van der Waals surface area contributed by atoms with E-state index in [9.17, 15) is 0 Å². The summed E-state index contributed by atoms with van der Waals surface area (Å²) >= 11 is 0. The molecule has 3 N–H and O–H groups in total. The van der Waals surface area contributed by atoms with Gasteiger partial charge < -0.3 is 10.8 Å². The van der Waals surface area contributed by atoms with Crippen molar-refractivity contribution in [2.45, 2.75) is 26.3 Å². The first-order chi connectivity index (χ1) is 6.54. The molecular weight excluding hydrogens is 180 g/mol. The molecule has 0 saturated carbocycles. The zero-order valence-corrected chi connectivity index (χ0v) is 8.94. The molecule has 0 aliphatic carbocycles. The van der Waals surface area contributed by atoms with Gasteiger partial charge in [-0.2, -0.15) is 5.10 Å². The van der Waals surface area contributed by atoms with Crippen molar-refractivity contribution in [3.8, 4) is 0 Å². The molecule has 1 aromatic rings. The van der Waals surface area contributed by atoms with E-state index in [1.54, 1.807) is 11.7 Å². The van der Waals surface area contributed by atoms with Crippen LogP contribution in [0.2, 0.25) is 0 Å². The minimum absolute atomic E-state index is 0.104. The van der Waals surface area contributed by atoms with E-state index in [2.05, 4.69) is 23.9 Å². The molecule has 0 saturated heterocycles. The summed E-state index contributed by atoms with van der Waals surface area (Å²) in [5, 5.41) is 13.1. The van der Waals surface area contributed by atoms with Crippen LogP contribution in [-0.4, -0.2) is 26.5 Å². The summed E-state index contributed by atoms with van der Waals surface area (Å²) in [6.07, 6.45) is 0.839. The van der Waals surface area contributed by atoms with Crippen LogP contribution in [0, 0.1) is 5.92 Å². The fourth-order valence-electron chi connectivity index (χ4n) is 1.31. The molecule has 0 spiro atoms. The maximum absolute atomic E-state index is 8.90. The number of hydrogen-bond acceptors (Lipinski definition) is 4. The Bertz CT molecular complexity index is 295. The van der Waals surface area contributed by atoms with E-state index < -0.39 is 6.04 Å². The topological polar surface area (TPSA) is 77.0 Å². The van der Waals surface area contributed by atoms with Gasteiger partial charge in [-0.15, -0.1) is 0 Å². The summed E-state index contributed by atoms with van der Waals surface area (Å²) in [4.78, 5) is 4.29. The average Bonchev–Trinajstić information content (AvgIpc) is 2.44. The van der Waals surface area contributed by atoms with Crippen molar-refractivity contribution >= 4 is 0 Å². The maximum atomic E-state index is 8.90. The minimum atomic E-state index is -0.437. The second kappa shape index (κ2) is 4.52. The van der Waals surface area contributed by atoms with Crippen molar-refractivity contribution in [2.75, 3.05) is 6.61 Å². The highest BCUT2D eigenvalue weighted by molar-refractivity contribution is 4.98. The third kappa shape index (κ3) is 2.52. The van der Waals surface area contributed by atoms with Gasteiger partial charge in [-0.3, -0.25) is 4.68 Å². The third-order valence-electron chi connectivity index (χ3n) is 1.96. The Balaban J connectivity index is 2.82. The molecule has 1 heterocycles. The fraction of sp³-hybridized carbons (Fsp3) is 0.778. The molecule has 0 amide bonds. The summed E-state index contributed by atoms with van der Waals surface area (Å²) < 4.78 is 1.64. The molecule has 1 atom stereocenters. The van der Waals surface area contributed by atoms with Gasteiger partial charge in [-0.25, -0.2) is 4.98 Å². The molecular formula is C9H18N4O. The van der Waals surface area contributed by atoms with E-state index in [1.165, 1.54) is 0 Å². The van der Waals surface area contributed by atoms with Gasteiger partial charge in [0.05, 0.1) is 12.6 Å². The first-order valence-corrected chi connectivity index (χ1v) is 4.80. The number of aryl methyl sites for hydroxylation is 1. The van der Waals surface area contributed by atoms with Crippen LogP contribution in [0.15, 0.2) is 0 Å². The number of aromatic nitrogens is 3. The summed E-state index contributed by atoms with van der Waals surface area (Å²) in [6, 6.07) is -0.437. The van der Waals surface area contributed by atoms with Crippen LogP contribution in [-0.2, 0) is 13.5 Å². The summed E-state index contributed by atoms with van der Waals surface area (Å²) in [5.74, 6) is 1.96. The van der Waals surface area contributed by atoms with Crippen LogP contribution in [0.25, 0.3) is 0 Å². The Labute approximate surface area is 83.9 Å². The van der Waals surface area contributed by atoms with E-state index in [0.717, 1.165) is 12.2 Å². The Morgan fingerprint density at radius 3 is 2.64 bits per heavy atom. The van der Waals surface area contributed by atoms with Crippen LogP contribution in [0.3, 0.4) is 0 Å². The number of hydrogen-bond donors (Lipinski definition) is 2. The Morgan fingerprint density at radius 1 is 1.50 bits per heavy atom. The number of aliphatic hydroxyl groups is 1. The predicted molar refractivity (Wildman–Crippen MR) is 53.6 cm³/mol. The Morgan fingerprint density at radius 2 is 2.14 bits per heavy atom. The molecule has 0 aromatic carbocycles. The van der Waals surface area contributed by atoms with Crippen molar-refractivity contribution in [2.24, 2.45) is 18.7 Å². The summed E-state index contributed by atoms with van der Waals surface area (Å²) in [6.45, 7) is 4.12. The Kier molecular flexibility index (Phi) is 3.60. The normalized spacial score (nSPS) is 13.6. The van der Waals surface area contributed by atoms with Crippen LogP contribution in [0.4, 0.5) is 0 Å². The first-order valence-electron chi connectivity index (χ1n) is 4.80. The van der Waals surface area contributed by atoms with Gasteiger partial charge >= 0.3 is 0 Å². The lowest BCUT2D eigenvalue weighted by Crippen LogP contribution is -2.19. The maximum Gasteiger partial charge on any atom is 0.151 e. The molecule has 5 heteroatoms. The molecule has 80 valence electrons. The monoisotopic (exact) mass is 198 g/mol. The van der Waals surface area contributed by atoms with E-state index >= 15 is 0 Å². The van der Waals surface area contributed by atoms with Gasteiger partial charge in [0.25, 0.3) is 0 Å². The molecule has 1 unspecified atom stereocenters. The van der Waals surface area contributed by atoms with Crippen LogP contribution < -0.4 is 5.73 Å². The molecule has 1 aromatic heterocycles. The number of aliphatic hydroxyl groups excluding tert-OH is 1. The standard InChI is InChI=1S/C9H18N4O/c1-6(2)4-8-11-9(7(10)5-14)13(3)12-8/h6-7,14H,4-5,10H2,1-3H3. The second-order valence-corrected chi connectivity index (χ2v) is 3.90. The van der Waals surface area contributed by atoms with Gasteiger partial charge in [-0.05, 0) is 5.92 Å².